The Bertz CT molecular complexity index is 567. The second kappa shape index (κ2) is 4.87. The molecule has 1 aliphatic rings. The monoisotopic (exact) mass is 274 g/mol. The first kappa shape index (κ1) is 13.9. The molecule has 0 spiro atoms. The molecule has 0 bridgehead atoms. The summed E-state index contributed by atoms with van der Waals surface area (Å²) in [7, 11) is 1.16. The summed E-state index contributed by atoms with van der Waals surface area (Å²) in [4.78, 5) is 24.7. The van der Waals surface area contributed by atoms with Crippen molar-refractivity contribution in [1.29, 1.82) is 0 Å². The zero-order chi connectivity index (χ0) is 14.2. The third-order valence-electron chi connectivity index (χ3n) is 3.03. The summed E-state index contributed by atoms with van der Waals surface area (Å²) in [6, 6.07) is 1.04. The molecule has 0 amide bonds. The summed E-state index contributed by atoms with van der Waals surface area (Å²) in [5.74, 6) is -2.01. The molecule has 0 aliphatic carbocycles. The summed E-state index contributed by atoms with van der Waals surface area (Å²) in [5, 5.41) is 28.8. The van der Waals surface area contributed by atoms with Crippen LogP contribution in [-0.4, -0.2) is 56.9 Å². The zero-order valence-electron chi connectivity index (χ0n) is 10.0. The molecule has 2 heterocycles. The lowest BCUT2D eigenvalue weighted by Crippen LogP contribution is -2.52. The second-order valence-corrected chi connectivity index (χ2v) is 4.09. The van der Waals surface area contributed by atoms with E-state index >= 15 is 0 Å². The van der Waals surface area contributed by atoms with E-state index in [2.05, 4.69) is 0 Å². The molecule has 1 saturated heterocycles. The molecule has 0 aromatic carbocycles. The molecule has 1 aromatic heterocycles. The van der Waals surface area contributed by atoms with E-state index in [0.29, 0.717) is 0 Å². The number of rotatable bonds is 3. The number of aromatic amines is 1. The average Bonchev–Trinajstić information content (AvgIpc) is 2.64. The molecule has 9 nitrogen and oxygen atoms in total. The van der Waals surface area contributed by atoms with Crippen LogP contribution in [0, 0.1) is 0 Å². The van der Waals surface area contributed by atoms with Crippen molar-refractivity contribution >= 4 is 0 Å². The normalized spacial score (nSPS) is 34.6. The fourth-order valence-electron chi connectivity index (χ4n) is 2.05. The van der Waals surface area contributed by atoms with Crippen LogP contribution in [0.25, 0.3) is 0 Å². The third kappa shape index (κ3) is 2.01. The van der Waals surface area contributed by atoms with Gasteiger partial charge < -0.3 is 24.8 Å². The first-order valence-electron chi connectivity index (χ1n) is 5.48. The van der Waals surface area contributed by atoms with Gasteiger partial charge in [0.15, 0.2) is 6.10 Å². The Balaban J connectivity index is 2.55. The van der Waals surface area contributed by atoms with Crippen LogP contribution >= 0.6 is 0 Å². The highest BCUT2D eigenvalue weighted by Crippen LogP contribution is 2.34. The topological polar surface area (TPSA) is 134 Å². The molecule has 0 radical (unpaired) electrons. The number of nitrogens with zero attached hydrogens (tertiary/aromatic N) is 1. The quantitative estimate of drug-likeness (QED) is 0.459. The van der Waals surface area contributed by atoms with Gasteiger partial charge in [0.2, 0.25) is 0 Å². The molecule has 4 N–H and O–H groups in total. The van der Waals surface area contributed by atoms with Crippen LogP contribution in [0.2, 0.25) is 0 Å². The van der Waals surface area contributed by atoms with Gasteiger partial charge in [-0.3, -0.25) is 9.78 Å². The number of aromatic nitrogens is 2. The Morgan fingerprint density at radius 1 is 1.53 bits per heavy atom. The van der Waals surface area contributed by atoms with E-state index in [9.17, 15) is 19.8 Å². The van der Waals surface area contributed by atoms with Crippen molar-refractivity contribution in [1.82, 2.24) is 9.55 Å². The second-order valence-electron chi connectivity index (χ2n) is 4.09. The van der Waals surface area contributed by atoms with Gasteiger partial charge in [0.1, 0.15) is 12.2 Å². The minimum absolute atomic E-state index is 0.568. The van der Waals surface area contributed by atoms with E-state index in [0.717, 1.165) is 23.9 Å². The number of nitrogens with one attached hydrogen (secondary N) is 1. The number of ether oxygens (including phenoxy) is 2. The molecule has 1 aliphatic heterocycles. The fourth-order valence-corrected chi connectivity index (χ4v) is 2.05. The average molecular weight is 274 g/mol. The van der Waals surface area contributed by atoms with Crippen LogP contribution in [-0.2, 0) is 15.4 Å². The van der Waals surface area contributed by atoms with Crippen molar-refractivity contribution in [3.63, 3.8) is 0 Å². The summed E-state index contributed by atoms with van der Waals surface area (Å²) < 4.78 is 11.1. The molecular formula is C10H14N2O7. The standard InChI is InChI=1S/C10H14N2O7/c1-18-10(8(16)7(15)5(4-13)19-10)12-3-2-6(14)11-9(12)17/h2-3,5,7-8,13,15-16H,4H2,1H3,(H,11,14,17)/t5-,7-,8-,10-/m1/s1. The first-order valence-corrected chi connectivity index (χ1v) is 5.48. The predicted octanol–water partition coefficient (Wildman–Crippen LogP) is -3.09. The summed E-state index contributed by atoms with van der Waals surface area (Å²) >= 11 is 0. The molecule has 0 saturated carbocycles. The Labute approximate surface area is 106 Å². The third-order valence-corrected chi connectivity index (χ3v) is 3.03. The lowest BCUT2D eigenvalue weighted by Gasteiger charge is -2.31. The largest absolute Gasteiger partial charge is 0.394 e. The van der Waals surface area contributed by atoms with E-state index < -0.39 is 42.1 Å². The van der Waals surface area contributed by atoms with Gasteiger partial charge in [-0.15, -0.1) is 0 Å². The van der Waals surface area contributed by atoms with Crippen LogP contribution in [0.1, 0.15) is 0 Å². The smallest absolute Gasteiger partial charge is 0.332 e. The SMILES string of the molecule is CO[C@@]1(n2ccc(=O)[nH]c2=O)O[C@H](CO)[C@@H](O)[C@H]1O. The van der Waals surface area contributed by atoms with E-state index in [1.807, 2.05) is 4.98 Å². The van der Waals surface area contributed by atoms with Gasteiger partial charge in [0, 0.05) is 19.4 Å². The van der Waals surface area contributed by atoms with E-state index in [1.165, 1.54) is 0 Å². The first-order chi connectivity index (χ1) is 8.96. The van der Waals surface area contributed by atoms with Crippen LogP contribution in [0.15, 0.2) is 21.9 Å². The number of hydrogen-bond acceptors (Lipinski definition) is 7. The maximum atomic E-state index is 11.7. The minimum atomic E-state index is -2.01. The van der Waals surface area contributed by atoms with Crippen LogP contribution < -0.4 is 11.2 Å². The fraction of sp³-hybridized carbons (Fsp3) is 0.600. The molecule has 19 heavy (non-hydrogen) atoms. The minimum Gasteiger partial charge on any atom is -0.394 e. The van der Waals surface area contributed by atoms with Crippen molar-refractivity contribution in [2.75, 3.05) is 13.7 Å². The Hall–Kier alpha value is -1.52. The van der Waals surface area contributed by atoms with Crippen molar-refractivity contribution in [2.45, 2.75) is 24.2 Å². The van der Waals surface area contributed by atoms with Gasteiger partial charge in [-0.1, -0.05) is 0 Å². The number of H-pyrrole nitrogens is 1. The lowest BCUT2D eigenvalue weighted by molar-refractivity contribution is -0.306. The molecule has 1 aromatic rings. The zero-order valence-corrected chi connectivity index (χ0v) is 10.0. The Morgan fingerprint density at radius 2 is 2.21 bits per heavy atom. The lowest BCUT2D eigenvalue weighted by atomic mass is 10.1. The molecular weight excluding hydrogens is 260 g/mol. The molecule has 2 rings (SSSR count). The number of aliphatic hydroxyl groups excluding tert-OH is 3. The highest BCUT2D eigenvalue weighted by atomic mass is 16.7. The van der Waals surface area contributed by atoms with Crippen LogP contribution in [0.5, 0.6) is 0 Å². The van der Waals surface area contributed by atoms with E-state index in [4.69, 9.17) is 14.6 Å². The molecule has 1 fully saturated rings. The summed E-state index contributed by atoms with van der Waals surface area (Å²) in [5.41, 5.74) is -1.50. The number of methoxy groups -OCH3 is 1. The number of aliphatic hydroxyl groups is 3. The maximum absolute atomic E-state index is 11.7. The van der Waals surface area contributed by atoms with Gasteiger partial charge in [-0.2, -0.15) is 0 Å². The predicted molar refractivity (Wildman–Crippen MR) is 60.3 cm³/mol. The summed E-state index contributed by atoms with van der Waals surface area (Å²) in [6.45, 7) is -0.568. The van der Waals surface area contributed by atoms with Gasteiger partial charge >= 0.3 is 5.69 Å². The van der Waals surface area contributed by atoms with Crippen molar-refractivity contribution in [2.24, 2.45) is 0 Å². The highest BCUT2D eigenvalue weighted by molar-refractivity contribution is 4.97. The van der Waals surface area contributed by atoms with Gasteiger partial charge in [0.05, 0.1) is 6.61 Å². The van der Waals surface area contributed by atoms with E-state index in [-0.39, 0.29) is 0 Å². The van der Waals surface area contributed by atoms with Crippen LogP contribution in [0.4, 0.5) is 0 Å². The van der Waals surface area contributed by atoms with Crippen molar-refractivity contribution < 1.29 is 24.8 Å². The Morgan fingerprint density at radius 3 is 2.68 bits per heavy atom. The molecule has 9 heteroatoms. The van der Waals surface area contributed by atoms with Crippen LogP contribution in [0.3, 0.4) is 0 Å². The molecule has 4 atom stereocenters. The van der Waals surface area contributed by atoms with Crippen molar-refractivity contribution in [3.05, 3.63) is 33.1 Å². The van der Waals surface area contributed by atoms with Gasteiger partial charge in [0.25, 0.3) is 11.5 Å². The van der Waals surface area contributed by atoms with Gasteiger partial charge in [-0.05, 0) is 0 Å². The summed E-state index contributed by atoms with van der Waals surface area (Å²) in [6.07, 6.45) is -3.10. The maximum Gasteiger partial charge on any atom is 0.332 e. The van der Waals surface area contributed by atoms with Gasteiger partial charge in [-0.25, -0.2) is 9.36 Å². The van der Waals surface area contributed by atoms with E-state index in [1.54, 1.807) is 0 Å². The highest BCUT2D eigenvalue weighted by Gasteiger charge is 2.56. The molecule has 0 unspecified atom stereocenters. The Kier molecular flexibility index (Phi) is 3.56. The molecule has 106 valence electrons. The number of hydrogen-bond donors (Lipinski definition) is 4. The van der Waals surface area contributed by atoms with Crippen molar-refractivity contribution in [3.8, 4) is 0 Å².